The number of amides is 1. The van der Waals surface area contributed by atoms with Crippen LogP contribution in [-0.4, -0.2) is 16.6 Å². The lowest BCUT2D eigenvalue weighted by molar-refractivity contribution is -0.384. The third kappa shape index (κ3) is 2.37. The van der Waals surface area contributed by atoms with Crippen LogP contribution in [0.3, 0.4) is 0 Å². The molecule has 108 valence electrons. The molecule has 1 aliphatic heterocycles. The molecule has 0 bridgehead atoms. The summed E-state index contributed by atoms with van der Waals surface area (Å²) in [6.07, 6.45) is 1.50. The Hall–Kier alpha value is -3.28. The zero-order chi connectivity index (χ0) is 15.7. The first kappa shape index (κ1) is 13.7. The van der Waals surface area contributed by atoms with Crippen LogP contribution in [0.4, 0.5) is 5.69 Å². The lowest BCUT2D eigenvalue weighted by Gasteiger charge is -2.17. The van der Waals surface area contributed by atoms with Crippen LogP contribution in [0.5, 0.6) is 0 Å². The van der Waals surface area contributed by atoms with Crippen LogP contribution in [0.15, 0.2) is 54.2 Å². The Morgan fingerprint density at radius 3 is 2.23 bits per heavy atom. The molecule has 0 aliphatic carbocycles. The number of nitrogens with one attached hydrogen (secondary N) is 1. The minimum atomic E-state index is -0.499. The fourth-order valence-electron chi connectivity index (χ4n) is 2.23. The van der Waals surface area contributed by atoms with Gasteiger partial charge in [0.25, 0.3) is 11.6 Å². The Morgan fingerprint density at radius 2 is 1.59 bits per heavy atom. The largest absolute Gasteiger partial charge is 0.319 e. The molecule has 1 N–H and O–H groups in total. The fourth-order valence-corrected chi connectivity index (χ4v) is 2.23. The van der Waals surface area contributed by atoms with Crippen LogP contribution in [0.25, 0.3) is 6.08 Å². The van der Waals surface area contributed by atoms with Gasteiger partial charge in [0, 0.05) is 17.7 Å². The summed E-state index contributed by atoms with van der Waals surface area (Å²) in [5.41, 5.74) is 1.39. The number of non-ortho nitro benzene ring substituents is 1. The Bertz CT molecular complexity index is 822. The molecule has 0 atom stereocenters. The molecule has 3 rings (SSSR count). The number of fused-ring (bicyclic) bond motifs is 1. The summed E-state index contributed by atoms with van der Waals surface area (Å²) in [6, 6.07) is 12.3. The van der Waals surface area contributed by atoms with Crippen molar-refractivity contribution in [3.8, 4) is 0 Å². The third-order valence-electron chi connectivity index (χ3n) is 3.32. The van der Waals surface area contributed by atoms with E-state index in [4.69, 9.17) is 0 Å². The van der Waals surface area contributed by atoms with Gasteiger partial charge >= 0.3 is 0 Å². The van der Waals surface area contributed by atoms with Crippen molar-refractivity contribution in [2.75, 3.05) is 0 Å². The van der Waals surface area contributed by atoms with Gasteiger partial charge in [0.05, 0.1) is 16.2 Å². The van der Waals surface area contributed by atoms with Crippen molar-refractivity contribution in [1.82, 2.24) is 5.32 Å². The van der Waals surface area contributed by atoms with E-state index in [1.165, 1.54) is 30.3 Å². The number of carbonyl (C=O) groups is 2. The topological polar surface area (TPSA) is 89.3 Å². The molecule has 0 fully saturated rings. The number of ketones is 1. The second-order valence-electron chi connectivity index (χ2n) is 4.74. The summed E-state index contributed by atoms with van der Waals surface area (Å²) in [6.45, 7) is 0. The summed E-state index contributed by atoms with van der Waals surface area (Å²) in [5, 5.41) is 13.2. The van der Waals surface area contributed by atoms with E-state index in [1.54, 1.807) is 24.3 Å². The molecule has 2 aromatic rings. The third-order valence-corrected chi connectivity index (χ3v) is 3.32. The molecular formula is C16H10N2O4. The normalized spacial score (nSPS) is 15.4. The standard InChI is InChI=1S/C16H10N2O4/c19-15-12-3-1-2-4-13(12)16(20)17-14(15)9-10-5-7-11(8-6-10)18(21)22/h1-9H,(H,17,20)/b14-9-. The molecule has 0 unspecified atom stereocenters. The second-order valence-corrected chi connectivity index (χ2v) is 4.74. The van der Waals surface area contributed by atoms with Gasteiger partial charge in [-0.2, -0.15) is 0 Å². The zero-order valence-corrected chi connectivity index (χ0v) is 11.3. The van der Waals surface area contributed by atoms with E-state index < -0.39 is 4.92 Å². The van der Waals surface area contributed by atoms with Crippen LogP contribution < -0.4 is 5.32 Å². The van der Waals surface area contributed by atoms with E-state index in [9.17, 15) is 19.7 Å². The van der Waals surface area contributed by atoms with Crippen molar-refractivity contribution < 1.29 is 14.5 Å². The van der Waals surface area contributed by atoms with E-state index in [-0.39, 0.29) is 23.1 Å². The molecule has 1 amide bonds. The van der Waals surface area contributed by atoms with Crippen molar-refractivity contribution in [3.05, 3.63) is 81.0 Å². The lowest BCUT2D eigenvalue weighted by atomic mass is 9.96. The highest BCUT2D eigenvalue weighted by atomic mass is 16.6. The van der Waals surface area contributed by atoms with Gasteiger partial charge in [-0.15, -0.1) is 0 Å². The minimum Gasteiger partial charge on any atom is -0.319 e. The molecule has 1 aliphatic rings. The van der Waals surface area contributed by atoms with Crippen molar-refractivity contribution in [2.45, 2.75) is 0 Å². The molecule has 0 saturated heterocycles. The minimum absolute atomic E-state index is 0.0356. The van der Waals surface area contributed by atoms with E-state index >= 15 is 0 Å². The molecule has 0 radical (unpaired) electrons. The van der Waals surface area contributed by atoms with Gasteiger partial charge < -0.3 is 5.32 Å². The summed E-state index contributed by atoms with van der Waals surface area (Å²) in [5.74, 6) is -0.628. The van der Waals surface area contributed by atoms with E-state index in [1.807, 2.05) is 0 Å². The first-order valence-electron chi connectivity index (χ1n) is 6.47. The molecule has 22 heavy (non-hydrogen) atoms. The SMILES string of the molecule is O=C1N/C(=C\c2ccc([N+](=O)[O-])cc2)C(=O)c2ccccc21. The molecule has 6 heteroatoms. The number of hydrogen-bond acceptors (Lipinski definition) is 4. The summed E-state index contributed by atoms with van der Waals surface area (Å²) in [7, 11) is 0. The summed E-state index contributed by atoms with van der Waals surface area (Å²) in [4.78, 5) is 34.4. The van der Waals surface area contributed by atoms with E-state index in [0.29, 0.717) is 16.7 Å². The molecule has 2 aromatic carbocycles. The number of hydrogen-bond donors (Lipinski definition) is 1. The quantitative estimate of drug-likeness (QED) is 0.523. The summed E-state index contributed by atoms with van der Waals surface area (Å²) < 4.78 is 0. The summed E-state index contributed by atoms with van der Waals surface area (Å²) >= 11 is 0. The predicted octanol–water partition coefficient (Wildman–Crippen LogP) is 2.56. The number of nitro groups is 1. The number of nitrogens with zero attached hydrogens (tertiary/aromatic N) is 1. The van der Waals surface area contributed by atoms with Crippen LogP contribution in [0.2, 0.25) is 0 Å². The fraction of sp³-hybridized carbons (Fsp3) is 0. The average Bonchev–Trinajstić information content (AvgIpc) is 2.53. The molecule has 0 spiro atoms. The molecule has 0 aromatic heterocycles. The van der Waals surface area contributed by atoms with Gasteiger partial charge in [0.15, 0.2) is 0 Å². The Kier molecular flexibility index (Phi) is 3.27. The highest BCUT2D eigenvalue weighted by Crippen LogP contribution is 2.21. The van der Waals surface area contributed by atoms with Crippen molar-refractivity contribution >= 4 is 23.5 Å². The maximum absolute atomic E-state index is 12.4. The number of Topliss-reactive ketones (excluding diaryl/α,β-unsaturated/α-hetero) is 1. The Balaban J connectivity index is 1.97. The van der Waals surface area contributed by atoms with Gasteiger partial charge in [-0.3, -0.25) is 19.7 Å². The van der Waals surface area contributed by atoms with Crippen molar-refractivity contribution in [3.63, 3.8) is 0 Å². The predicted molar refractivity (Wildman–Crippen MR) is 79.3 cm³/mol. The van der Waals surface area contributed by atoms with Crippen LogP contribution >= 0.6 is 0 Å². The second kappa shape index (κ2) is 5.25. The molecule has 0 saturated carbocycles. The number of benzene rings is 2. The molecule has 1 heterocycles. The smallest absolute Gasteiger partial charge is 0.269 e. The number of carbonyl (C=O) groups excluding carboxylic acids is 2. The maximum Gasteiger partial charge on any atom is 0.269 e. The Labute approximate surface area is 125 Å². The van der Waals surface area contributed by atoms with Crippen LogP contribution in [0, 0.1) is 10.1 Å². The van der Waals surface area contributed by atoms with Crippen molar-refractivity contribution in [1.29, 1.82) is 0 Å². The number of nitro benzene ring substituents is 1. The first-order chi connectivity index (χ1) is 10.6. The van der Waals surface area contributed by atoms with Gasteiger partial charge in [-0.25, -0.2) is 0 Å². The monoisotopic (exact) mass is 294 g/mol. The Morgan fingerprint density at radius 1 is 0.955 bits per heavy atom. The highest BCUT2D eigenvalue weighted by molar-refractivity contribution is 6.22. The van der Waals surface area contributed by atoms with Gasteiger partial charge in [-0.05, 0) is 29.8 Å². The van der Waals surface area contributed by atoms with Gasteiger partial charge in [0.1, 0.15) is 0 Å². The lowest BCUT2D eigenvalue weighted by Crippen LogP contribution is -2.34. The van der Waals surface area contributed by atoms with E-state index in [0.717, 1.165) is 0 Å². The first-order valence-corrected chi connectivity index (χ1v) is 6.47. The maximum atomic E-state index is 12.4. The number of rotatable bonds is 2. The van der Waals surface area contributed by atoms with Crippen LogP contribution in [-0.2, 0) is 0 Å². The average molecular weight is 294 g/mol. The molecule has 6 nitrogen and oxygen atoms in total. The zero-order valence-electron chi connectivity index (χ0n) is 11.3. The molecular weight excluding hydrogens is 284 g/mol. The van der Waals surface area contributed by atoms with E-state index in [2.05, 4.69) is 5.32 Å². The highest BCUT2D eigenvalue weighted by Gasteiger charge is 2.26. The van der Waals surface area contributed by atoms with Crippen molar-refractivity contribution in [2.24, 2.45) is 0 Å². The van der Waals surface area contributed by atoms with Gasteiger partial charge in [-0.1, -0.05) is 18.2 Å². The van der Waals surface area contributed by atoms with Gasteiger partial charge in [0.2, 0.25) is 5.78 Å². The number of allylic oxidation sites excluding steroid dienone is 1. The van der Waals surface area contributed by atoms with Crippen LogP contribution in [0.1, 0.15) is 26.3 Å².